The summed E-state index contributed by atoms with van der Waals surface area (Å²) in [5.74, 6) is 0. The molecular weight excluding hydrogens is 827 g/mol. The number of nitrogens with zero attached hydrogens (tertiary/aromatic N) is 6. The molecule has 12 heteroatoms. The fourth-order valence-corrected chi connectivity index (χ4v) is 14.5. The van der Waals surface area contributed by atoms with Crippen LogP contribution in [-0.4, -0.2) is 37.8 Å². The van der Waals surface area contributed by atoms with Crippen molar-refractivity contribution in [3.63, 3.8) is 0 Å². The third kappa shape index (κ3) is 4.54. The van der Waals surface area contributed by atoms with Crippen molar-refractivity contribution < 1.29 is 0 Å². The van der Waals surface area contributed by atoms with Crippen molar-refractivity contribution in [2.45, 2.75) is 19.6 Å². The fourth-order valence-electron chi connectivity index (χ4n) is 6.77. The Hall–Kier alpha value is -3.96. The SMILES string of the molecule is c1ccc2c(c1)Sc1ccccc1N2c1ccc(-c2c3c(c(-c4ccc(N5c6ccccc6Sc6ccccc65)[se]4)c4nsnc24)N=S=N3)[se]1. The summed E-state index contributed by atoms with van der Waals surface area (Å²) in [7, 11) is 0. The van der Waals surface area contributed by atoms with Crippen molar-refractivity contribution in [3.8, 4) is 20.0 Å². The van der Waals surface area contributed by atoms with Gasteiger partial charge in [0.05, 0.1) is 0 Å². The van der Waals surface area contributed by atoms with Gasteiger partial charge < -0.3 is 0 Å². The first-order valence-electron chi connectivity index (χ1n) is 15.7. The molecule has 0 N–H and O–H groups in total. The van der Waals surface area contributed by atoms with Crippen LogP contribution in [0.1, 0.15) is 0 Å². The molecule has 0 unspecified atom stereocenters. The first-order chi connectivity index (χ1) is 24.8. The van der Waals surface area contributed by atoms with E-state index in [1.54, 1.807) is 0 Å². The van der Waals surface area contributed by atoms with Gasteiger partial charge in [-0.15, -0.1) is 0 Å². The maximum atomic E-state index is 4.95. The van der Waals surface area contributed by atoms with Crippen molar-refractivity contribution >= 4 is 130 Å². The van der Waals surface area contributed by atoms with Crippen LogP contribution in [0.2, 0.25) is 0 Å². The molecule has 8 aromatic rings. The Kier molecular flexibility index (Phi) is 7.02. The molecule has 0 aliphatic carbocycles. The molecule has 0 atom stereocenters. The van der Waals surface area contributed by atoms with E-state index in [0.29, 0.717) is 0 Å². The van der Waals surface area contributed by atoms with Crippen molar-refractivity contribution in [2.75, 3.05) is 9.80 Å². The summed E-state index contributed by atoms with van der Waals surface area (Å²) >= 11 is 6.26. The molecule has 0 spiro atoms. The second-order valence-electron chi connectivity index (χ2n) is 11.7. The van der Waals surface area contributed by atoms with E-state index in [2.05, 4.69) is 131 Å². The van der Waals surface area contributed by atoms with Gasteiger partial charge in [0.1, 0.15) is 0 Å². The number of hydrogen-bond acceptors (Lipinski definition) is 9. The average Bonchev–Trinajstić information content (AvgIpc) is 4.00. The number of fused-ring (bicyclic) bond motifs is 6. The monoisotopic (exact) mass is 848 g/mol. The van der Waals surface area contributed by atoms with E-state index in [1.165, 1.54) is 83.4 Å². The van der Waals surface area contributed by atoms with Crippen LogP contribution in [0.3, 0.4) is 0 Å². The maximum absolute atomic E-state index is 4.95. The minimum atomic E-state index is 0.00911. The molecule has 0 amide bonds. The van der Waals surface area contributed by atoms with Crippen LogP contribution >= 0.6 is 35.3 Å². The number of anilines is 6. The van der Waals surface area contributed by atoms with Crippen LogP contribution in [0.15, 0.2) is 150 Å². The van der Waals surface area contributed by atoms with Gasteiger partial charge in [0.25, 0.3) is 0 Å². The minimum absolute atomic E-state index is 0.00911. The number of para-hydroxylation sites is 4. The van der Waals surface area contributed by atoms with Gasteiger partial charge in [0.2, 0.25) is 0 Å². The molecule has 0 fully saturated rings. The summed E-state index contributed by atoms with van der Waals surface area (Å²) in [6.45, 7) is 0. The van der Waals surface area contributed by atoms with Crippen LogP contribution in [0, 0.1) is 0 Å². The molecule has 238 valence electrons. The van der Waals surface area contributed by atoms with Gasteiger partial charge in [-0.1, -0.05) is 0 Å². The molecule has 0 radical (unpaired) electrons. The molecule has 0 saturated heterocycles. The van der Waals surface area contributed by atoms with E-state index < -0.39 is 0 Å². The predicted octanol–water partition coefficient (Wildman–Crippen LogP) is 11.7. The van der Waals surface area contributed by atoms with Crippen LogP contribution in [0.5, 0.6) is 0 Å². The first-order valence-corrected chi connectivity index (χ1v) is 22.2. The predicted molar refractivity (Wildman–Crippen MR) is 211 cm³/mol. The molecule has 5 aromatic carbocycles. The van der Waals surface area contributed by atoms with E-state index in [1.807, 2.05) is 23.5 Å². The number of aromatic nitrogens is 2. The zero-order chi connectivity index (χ0) is 32.8. The molecule has 3 aliphatic heterocycles. The van der Waals surface area contributed by atoms with Gasteiger partial charge in [-0.05, 0) is 0 Å². The zero-order valence-corrected chi connectivity index (χ0v) is 32.4. The van der Waals surface area contributed by atoms with E-state index in [-0.39, 0.29) is 29.0 Å². The summed E-state index contributed by atoms with van der Waals surface area (Å²) in [4.78, 5) is 9.97. The van der Waals surface area contributed by atoms with Gasteiger partial charge in [0, 0.05) is 0 Å². The van der Waals surface area contributed by atoms with Crippen molar-refractivity contribution in [3.05, 3.63) is 121 Å². The second kappa shape index (κ2) is 11.8. The summed E-state index contributed by atoms with van der Waals surface area (Å²) in [6, 6.07) is 43.9. The molecule has 0 bridgehead atoms. The summed E-state index contributed by atoms with van der Waals surface area (Å²) in [5.41, 5.74) is 10.8. The van der Waals surface area contributed by atoms with E-state index >= 15 is 0 Å². The van der Waals surface area contributed by atoms with E-state index in [0.717, 1.165) is 33.5 Å². The Bertz CT molecular complexity index is 2490. The van der Waals surface area contributed by atoms with Gasteiger partial charge >= 0.3 is 318 Å². The van der Waals surface area contributed by atoms with Crippen LogP contribution < -0.4 is 9.80 Å². The summed E-state index contributed by atoms with van der Waals surface area (Å²) < 4.78 is 24.9. The number of benzene rings is 5. The molecule has 6 heterocycles. The van der Waals surface area contributed by atoms with Crippen LogP contribution in [0.4, 0.5) is 43.2 Å². The standard InChI is InChI=1S/C38H20N6S4Se2/c1-5-13-25-21(9-1)43(22-10-2-6-14-26(22)45-25)31-19-17-29(49-31)33-35-37(41-47-39-35)34(38-36(33)40-48-42-38)30-18-20-32(50-30)44-23-11-3-7-15-27(23)46-28-16-8-4-12-24(28)44/h1-20H. The number of hydrogen-bond donors (Lipinski definition) is 0. The van der Waals surface area contributed by atoms with Crippen LogP contribution in [0.25, 0.3) is 31.0 Å². The topological polar surface area (TPSA) is 57.0 Å². The molecule has 3 aromatic heterocycles. The van der Waals surface area contributed by atoms with Crippen LogP contribution in [-0.2, 0) is 11.4 Å². The first kappa shape index (κ1) is 29.7. The molecule has 50 heavy (non-hydrogen) atoms. The zero-order valence-electron chi connectivity index (χ0n) is 25.7. The van der Waals surface area contributed by atoms with Crippen molar-refractivity contribution in [1.29, 1.82) is 0 Å². The Morgan fingerprint density at radius 3 is 1.22 bits per heavy atom. The summed E-state index contributed by atoms with van der Waals surface area (Å²) in [5, 5.41) is 0. The van der Waals surface area contributed by atoms with Gasteiger partial charge in [-0.25, -0.2) is 0 Å². The molecular formula is C38H20N6S4Se2. The molecule has 11 rings (SSSR count). The normalized spacial score (nSPS) is 13.8. The molecule has 0 saturated carbocycles. The fraction of sp³-hybridized carbons (Fsp3) is 0. The number of rotatable bonds is 4. The Morgan fingerprint density at radius 1 is 0.440 bits per heavy atom. The van der Waals surface area contributed by atoms with Gasteiger partial charge in [0.15, 0.2) is 0 Å². The van der Waals surface area contributed by atoms with Gasteiger partial charge in [-0.3, -0.25) is 0 Å². The molecule has 3 aliphatic rings. The Labute approximate surface area is 315 Å². The Morgan fingerprint density at radius 2 is 0.820 bits per heavy atom. The quantitative estimate of drug-likeness (QED) is 0.165. The third-order valence-electron chi connectivity index (χ3n) is 8.91. The van der Waals surface area contributed by atoms with Crippen molar-refractivity contribution in [1.82, 2.24) is 8.75 Å². The third-order valence-corrected chi connectivity index (χ3v) is 16.8. The van der Waals surface area contributed by atoms with Gasteiger partial charge in [-0.2, -0.15) is 0 Å². The Balaban J connectivity index is 1.04. The molecule has 6 nitrogen and oxygen atoms in total. The van der Waals surface area contributed by atoms with Crippen molar-refractivity contribution in [2.24, 2.45) is 8.73 Å². The average molecular weight is 847 g/mol. The van der Waals surface area contributed by atoms with E-state index in [9.17, 15) is 0 Å². The summed E-state index contributed by atoms with van der Waals surface area (Å²) in [6.07, 6.45) is 0. The second-order valence-corrected chi connectivity index (χ2v) is 19.4. The van der Waals surface area contributed by atoms with E-state index in [4.69, 9.17) is 17.5 Å².